The molecule has 0 aliphatic carbocycles. The standard InChI is InChI=1S/C17H15FN2O3.Na/c1-10(2)9-23-16-13(18)6-12(8-15(16)19-3)14-7-11(17(21)22)4-5-20-14;/h4-8,10H,9H2,1-2H3,(H,21,22);/q;+1/p-1. The summed E-state index contributed by atoms with van der Waals surface area (Å²) in [6.45, 7) is 11.3. The van der Waals surface area contributed by atoms with Gasteiger partial charge in [-0.2, -0.15) is 0 Å². The number of halogens is 1. The summed E-state index contributed by atoms with van der Waals surface area (Å²) in [5, 5.41) is 10.9. The van der Waals surface area contributed by atoms with Crippen molar-refractivity contribution in [3.05, 3.63) is 53.3 Å². The first kappa shape index (κ1) is 20.1. The molecule has 1 aromatic heterocycles. The summed E-state index contributed by atoms with van der Waals surface area (Å²) in [5.74, 6) is -1.95. The van der Waals surface area contributed by atoms with Gasteiger partial charge in [-0.25, -0.2) is 9.24 Å². The van der Waals surface area contributed by atoms with Crippen LogP contribution in [0.1, 0.15) is 24.2 Å². The molecule has 0 aliphatic heterocycles. The van der Waals surface area contributed by atoms with E-state index in [9.17, 15) is 14.3 Å². The van der Waals surface area contributed by atoms with Crippen molar-refractivity contribution in [3.63, 3.8) is 0 Å². The van der Waals surface area contributed by atoms with Crippen LogP contribution in [0.25, 0.3) is 16.1 Å². The molecule has 0 unspecified atom stereocenters. The van der Waals surface area contributed by atoms with Gasteiger partial charge in [0.2, 0.25) is 5.69 Å². The Bertz CT molecular complexity index is 788. The van der Waals surface area contributed by atoms with Gasteiger partial charge in [-0.15, -0.1) is 0 Å². The number of carboxylic acid groups (broad SMARTS) is 1. The number of aromatic carboxylic acids is 1. The first-order chi connectivity index (χ1) is 10.9. The van der Waals surface area contributed by atoms with Crippen LogP contribution in [0.4, 0.5) is 10.1 Å². The second kappa shape index (κ2) is 8.78. The molecule has 118 valence electrons. The second-order valence-corrected chi connectivity index (χ2v) is 5.34. The molecule has 7 heteroatoms. The summed E-state index contributed by atoms with van der Waals surface area (Å²) < 4.78 is 19.6. The Morgan fingerprint density at radius 3 is 2.71 bits per heavy atom. The molecule has 0 amide bonds. The van der Waals surface area contributed by atoms with E-state index in [1.54, 1.807) is 0 Å². The van der Waals surface area contributed by atoms with Crippen molar-refractivity contribution in [1.82, 2.24) is 4.98 Å². The molecule has 0 atom stereocenters. The summed E-state index contributed by atoms with van der Waals surface area (Å²) in [4.78, 5) is 18.2. The van der Waals surface area contributed by atoms with Crippen molar-refractivity contribution in [3.8, 4) is 17.0 Å². The molecule has 24 heavy (non-hydrogen) atoms. The number of benzene rings is 1. The van der Waals surface area contributed by atoms with Crippen molar-refractivity contribution < 1.29 is 48.6 Å². The first-order valence-corrected chi connectivity index (χ1v) is 6.94. The topological polar surface area (TPSA) is 66.6 Å². The normalized spacial score (nSPS) is 9.96. The van der Waals surface area contributed by atoms with Crippen molar-refractivity contribution >= 4 is 11.7 Å². The largest absolute Gasteiger partial charge is 1.00 e. The third-order valence-corrected chi connectivity index (χ3v) is 3.00. The van der Waals surface area contributed by atoms with Gasteiger partial charge < -0.3 is 14.6 Å². The molecule has 1 heterocycles. The van der Waals surface area contributed by atoms with Gasteiger partial charge in [0.25, 0.3) is 0 Å². The maximum atomic E-state index is 14.3. The Labute approximate surface area is 161 Å². The van der Waals surface area contributed by atoms with E-state index in [-0.39, 0.29) is 64.8 Å². The molecule has 0 saturated heterocycles. The number of carbonyl (C=O) groups excluding carboxylic acids is 1. The fraction of sp³-hybridized carbons (Fsp3) is 0.235. The van der Waals surface area contributed by atoms with Crippen molar-refractivity contribution in [2.24, 2.45) is 5.92 Å². The minimum atomic E-state index is -1.35. The molecule has 0 radical (unpaired) electrons. The molecule has 2 rings (SSSR count). The molecular weight excluding hydrogens is 322 g/mol. The number of nitrogens with zero attached hydrogens (tertiary/aromatic N) is 2. The van der Waals surface area contributed by atoms with E-state index in [0.717, 1.165) is 0 Å². The smallest absolute Gasteiger partial charge is 0.545 e. The van der Waals surface area contributed by atoms with E-state index in [2.05, 4.69) is 9.83 Å². The number of aromatic nitrogens is 1. The number of rotatable bonds is 5. The van der Waals surface area contributed by atoms with Gasteiger partial charge in [-0.3, -0.25) is 4.98 Å². The number of ether oxygens (including phenoxy) is 1. The van der Waals surface area contributed by atoms with Crippen molar-refractivity contribution in [2.45, 2.75) is 13.8 Å². The minimum Gasteiger partial charge on any atom is -0.545 e. The average molecular weight is 336 g/mol. The van der Waals surface area contributed by atoms with Gasteiger partial charge in [-0.05, 0) is 35.7 Å². The Morgan fingerprint density at radius 2 is 2.12 bits per heavy atom. The Kier molecular flexibility index (Phi) is 7.36. The molecule has 0 N–H and O–H groups in total. The monoisotopic (exact) mass is 336 g/mol. The molecule has 0 fully saturated rings. The molecule has 0 aliphatic rings. The predicted molar refractivity (Wildman–Crippen MR) is 80.6 cm³/mol. The fourth-order valence-corrected chi connectivity index (χ4v) is 1.92. The molecule has 5 nitrogen and oxygen atoms in total. The summed E-state index contributed by atoms with van der Waals surface area (Å²) in [6.07, 6.45) is 1.29. The second-order valence-electron chi connectivity index (χ2n) is 5.34. The summed E-state index contributed by atoms with van der Waals surface area (Å²) in [7, 11) is 0. The number of carboxylic acids is 1. The van der Waals surface area contributed by atoms with Crippen LogP contribution >= 0.6 is 0 Å². The zero-order chi connectivity index (χ0) is 17.0. The van der Waals surface area contributed by atoms with E-state index in [4.69, 9.17) is 11.3 Å². The van der Waals surface area contributed by atoms with Crippen LogP contribution < -0.4 is 39.4 Å². The number of carbonyl (C=O) groups is 1. The zero-order valence-electron chi connectivity index (χ0n) is 13.7. The predicted octanol–water partition coefficient (Wildman–Crippen LogP) is -0.159. The number of hydrogen-bond acceptors (Lipinski definition) is 4. The fourth-order valence-electron chi connectivity index (χ4n) is 1.92. The Morgan fingerprint density at radius 1 is 1.42 bits per heavy atom. The molecule has 0 saturated carbocycles. The molecule has 2 aromatic rings. The van der Waals surface area contributed by atoms with Gasteiger partial charge in [0.15, 0.2) is 11.6 Å². The van der Waals surface area contributed by atoms with E-state index in [1.807, 2.05) is 13.8 Å². The number of pyridine rings is 1. The third-order valence-electron chi connectivity index (χ3n) is 3.00. The zero-order valence-corrected chi connectivity index (χ0v) is 15.7. The maximum Gasteiger partial charge on any atom is 1.00 e. The van der Waals surface area contributed by atoms with Crippen LogP contribution in [0.5, 0.6) is 5.75 Å². The van der Waals surface area contributed by atoms with Crippen LogP contribution in [0.2, 0.25) is 0 Å². The van der Waals surface area contributed by atoms with E-state index >= 15 is 0 Å². The van der Waals surface area contributed by atoms with E-state index in [1.165, 1.54) is 30.5 Å². The quantitative estimate of drug-likeness (QED) is 0.562. The van der Waals surface area contributed by atoms with Crippen LogP contribution in [0, 0.1) is 18.3 Å². The van der Waals surface area contributed by atoms with Crippen LogP contribution in [0.3, 0.4) is 0 Å². The maximum absolute atomic E-state index is 14.3. The van der Waals surface area contributed by atoms with E-state index < -0.39 is 11.8 Å². The molecular formula is C17H14FN2NaO3. The Balaban J connectivity index is 0.00000288. The van der Waals surface area contributed by atoms with Gasteiger partial charge in [0.1, 0.15) is 0 Å². The molecule has 0 spiro atoms. The summed E-state index contributed by atoms with van der Waals surface area (Å²) in [5.41, 5.74) is 0.487. The van der Waals surface area contributed by atoms with Crippen LogP contribution in [-0.4, -0.2) is 17.6 Å². The Hall–Kier alpha value is -1.94. The van der Waals surface area contributed by atoms with Gasteiger partial charge in [0.05, 0.1) is 24.8 Å². The SMILES string of the molecule is [C-]#[N+]c1cc(-c2cc(C(=O)[O-])ccn2)cc(F)c1OCC(C)C.[Na+]. The average Bonchev–Trinajstić information content (AvgIpc) is 2.52. The van der Waals surface area contributed by atoms with Gasteiger partial charge >= 0.3 is 29.6 Å². The minimum absolute atomic E-state index is 0. The van der Waals surface area contributed by atoms with Crippen molar-refractivity contribution in [1.29, 1.82) is 0 Å². The summed E-state index contributed by atoms with van der Waals surface area (Å²) >= 11 is 0. The van der Waals surface area contributed by atoms with Crippen molar-refractivity contribution in [2.75, 3.05) is 6.61 Å². The third kappa shape index (κ3) is 4.78. The molecule has 0 bridgehead atoms. The first-order valence-electron chi connectivity index (χ1n) is 6.94. The molecule has 1 aromatic carbocycles. The van der Waals surface area contributed by atoms with Gasteiger partial charge in [-0.1, -0.05) is 13.8 Å². The number of hydrogen-bond donors (Lipinski definition) is 0. The van der Waals surface area contributed by atoms with Crippen LogP contribution in [-0.2, 0) is 0 Å². The van der Waals surface area contributed by atoms with Gasteiger partial charge in [0, 0.05) is 11.8 Å². The van der Waals surface area contributed by atoms with E-state index in [0.29, 0.717) is 5.56 Å². The summed E-state index contributed by atoms with van der Waals surface area (Å²) in [6, 6.07) is 5.15. The van der Waals surface area contributed by atoms with Crippen LogP contribution in [0.15, 0.2) is 30.5 Å².